The van der Waals surface area contributed by atoms with Gasteiger partial charge in [0.2, 0.25) is 5.91 Å². The Kier molecular flexibility index (Phi) is 6.26. The summed E-state index contributed by atoms with van der Waals surface area (Å²) in [6.45, 7) is 1.05. The van der Waals surface area contributed by atoms with Gasteiger partial charge in [0.1, 0.15) is 5.75 Å². The number of amides is 1. The molecule has 1 aliphatic rings. The van der Waals surface area contributed by atoms with Crippen LogP contribution in [0, 0.1) is 0 Å². The van der Waals surface area contributed by atoms with Gasteiger partial charge in [-0.15, -0.1) is 12.4 Å². The largest absolute Gasteiger partial charge is 0.497 e. The van der Waals surface area contributed by atoms with E-state index >= 15 is 0 Å². The van der Waals surface area contributed by atoms with E-state index in [2.05, 4.69) is 5.32 Å². The average molecular weight is 301 g/mol. The van der Waals surface area contributed by atoms with Gasteiger partial charge in [-0.3, -0.25) is 4.79 Å². The summed E-state index contributed by atoms with van der Waals surface area (Å²) in [5.74, 6) is 0.825. The van der Waals surface area contributed by atoms with Crippen LogP contribution in [0.3, 0.4) is 0 Å². The van der Waals surface area contributed by atoms with E-state index in [4.69, 9.17) is 4.74 Å². The number of likely N-dealkylation sites (N-methyl/N-ethyl adjacent to an activating group) is 1. The highest BCUT2D eigenvalue weighted by molar-refractivity contribution is 5.85. The number of ether oxygens (including phenoxy) is 1. The van der Waals surface area contributed by atoms with Crippen LogP contribution in [0.1, 0.15) is 12.0 Å². The van der Waals surface area contributed by atoms with Gasteiger partial charge < -0.3 is 20.1 Å². The molecule has 6 heteroatoms. The number of hydrogen-bond acceptors (Lipinski definition) is 4. The Morgan fingerprint density at radius 2 is 2.10 bits per heavy atom. The molecule has 0 aliphatic carbocycles. The van der Waals surface area contributed by atoms with E-state index < -0.39 is 6.10 Å². The van der Waals surface area contributed by atoms with Crippen LogP contribution in [-0.2, 0) is 11.3 Å². The molecule has 1 aromatic rings. The summed E-state index contributed by atoms with van der Waals surface area (Å²) >= 11 is 0. The van der Waals surface area contributed by atoms with Gasteiger partial charge >= 0.3 is 0 Å². The van der Waals surface area contributed by atoms with Crippen LogP contribution in [-0.4, -0.2) is 48.8 Å². The number of rotatable bonds is 4. The smallest absolute Gasteiger partial charge is 0.239 e. The maximum absolute atomic E-state index is 12.1. The van der Waals surface area contributed by atoms with E-state index in [0.29, 0.717) is 19.5 Å². The minimum atomic E-state index is -0.414. The fraction of sp³-hybridized carbons (Fsp3) is 0.500. The van der Waals surface area contributed by atoms with Crippen LogP contribution >= 0.6 is 12.4 Å². The van der Waals surface area contributed by atoms with Crippen molar-refractivity contribution in [1.82, 2.24) is 10.2 Å². The quantitative estimate of drug-likeness (QED) is 0.863. The molecule has 1 heterocycles. The third kappa shape index (κ3) is 4.10. The lowest BCUT2D eigenvalue weighted by Gasteiger charge is -2.21. The Balaban J connectivity index is 0.00000200. The number of hydrogen-bond donors (Lipinski definition) is 2. The number of halogens is 1. The first-order valence-corrected chi connectivity index (χ1v) is 6.39. The van der Waals surface area contributed by atoms with E-state index in [1.54, 1.807) is 19.1 Å². The molecule has 2 N–H and O–H groups in total. The maximum Gasteiger partial charge on any atom is 0.239 e. The Bertz CT molecular complexity index is 439. The van der Waals surface area contributed by atoms with Crippen LogP contribution in [0.2, 0.25) is 0 Å². The zero-order valence-corrected chi connectivity index (χ0v) is 12.5. The molecular weight excluding hydrogens is 280 g/mol. The highest BCUT2D eigenvalue weighted by atomic mass is 35.5. The van der Waals surface area contributed by atoms with Gasteiger partial charge in [-0.2, -0.15) is 0 Å². The summed E-state index contributed by atoms with van der Waals surface area (Å²) in [6.07, 6.45) is 0.0783. The molecule has 2 atom stereocenters. The minimum absolute atomic E-state index is 0. The number of aliphatic hydroxyl groups excluding tert-OH is 1. The lowest BCUT2D eigenvalue weighted by atomic mass is 10.1. The topological polar surface area (TPSA) is 61.8 Å². The van der Waals surface area contributed by atoms with Crippen LogP contribution in [0.25, 0.3) is 0 Å². The zero-order valence-electron chi connectivity index (χ0n) is 11.7. The van der Waals surface area contributed by atoms with Crippen LogP contribution in [0.4, 0.5) is 0 Å². The average Bonchev–Trinajstić information content (AvgIpc) is 2.85. The molecule has 5 nitrogen and oxygen atoms in total. The van der Waals surface area contributed by atoms with Gasteiger partial charge in [-0.25, -0.2) is 0 Å². The molecule has 1 saturated heterocycles. The molecule has 0 radical (unpaired) electrons. The van der Waals surface area contributed by atoms with Gasteiger partial charge in [-0.05, 0) is 24.1 Å². The Labute approximate surface area is 125 Å². The van der Waals surface area contributed by atoms with E-state index in [1.165, 1.54) is 0 Å². The Hall–Kier alpha value is -1.30. The van der Waals surface area contributed by atoms with Crippen molar-refractivity contribution in [3.05, 3.63) is 29.8 Å². The Morgan fingerprint density at radius 3 is 2.60 bits per heavy atom. The predicted molar refractivity (Wildman–Crippen MR) is 79.1 cm³/mol. The van der Waals surface area contributed by atoms with Crippen LogP contribution < -0.4 is 10.1 Å². The fourth-order valence-corrected chi connectivity index (χ4v) is 2.25. The molecule has 1 aromatic carbocycles. The van der Waals surface area contributed by atoms with Gasteiger partial charge in [-0.1, -0.05) is 12.1 Å². The van der Waals surface area contributed by atoms with E-state index in [1.807, 2.05) is 24.3 Å². The summed E-state index contributed by atoms with van der Waals surface area (Å²) in [4.78, 5) is 13.8. The molecule has 0 bridgehead atoms. The van der Waals surface area contributed by atoms with Crippen molar-refractivity contribution in [2.45, 2.75) is 25.1 Å². The number of nitrogens with one attached hydrogen (secondary N) is 1. The predicted octanol–water partition coefficient (Wildman–Crippen LogP) is 0.798. The van der Waals surface area contributed by atoms with Crippen molar-refractivity contribution >= 4 is 18.3 Å². The van der Waals surface area contributed by atoms with Crippen molar-refractivity contribution < 1.29 is 14.6 Å². The monoisotopic (exact) mass is 300 g/mol. The molecule has 2 unspecified atom stereocenters. The molecule has 1 amide bonds. The normalized spacial score (nSPS) is 21.1. The zero-order chi connectivity index (χ0) is 13.8. The number of methoxy groups -OCH3 is 1. The van der Waals surface area contributed by atoms with Gasteiger partial charge in [0, 0.05) is 20.1 Å². The van der Waals surface area contributed by atoms with Gasteiger partial charge in [0.25, 0.3) is 0 Å². The van der Waals surface area contributed by atoms with Crippen LogP contribution in [0.15, 0.2) is 24.3 Å². The number of aliphatic hydroxyl groups is 1. The van der Waals surface area contributed by atoms with Crippen molar-refractivity contribution in [3.8, 4) is 5.75 Å². The number of carbonyl (C=O) groups excluding carboxylic acids is 1. The lowest BCUT2D eigenvalue weighted by Crippen LogP contribution is -2.41. The first kappa shape index (κ1) is 16.8. The third-order valence-electron chi connectivity index (χ3n) is 3.36. The highest BCUT2D eigenvalue weighted by Crippen LogP contribution is 2.14. The van der Waals surface area contributed by atoms with Crippen LogP contribution in [0.5, 0.6) is 5.75 Å². The van der Waals surface area contributed by atoms with Crippen molar-refractivity contribution in [2.24, 2.45) is 0 Å². The SMILES string of the molecule is COc1ccc(CN(C)C(=O)C2CC(O)CN2)cc1.Cl. The number of nitrogens with zero attached hydrogens (tertiary/aromatic N) is 1. The third-order valence-corrected chi connectivity index (χ3v) is 3.36. The molecular formula is C14H21ClN2O3. The minimum Gasteiger partial charge on any atom is -0.497 e. The first-order valence-electron chi connectivity index (χ1n) is 6.39. The van der Waals surface area contributed by atoms with Gasteiger partial charge in [0.05, 0.1) is 19.3 Å². The second-order valence-corrected chi connectivity index (χ2v) is 4.89. The van der Waals surface area contributed by atoms with E-state index in [-0.39, 0.29) is 24.4 Å². The van der Waals surface area contributed by atoms with Crippen molar-refractivity contribution in [1.29, 1.82) is 0 Å². The standard InChI is InChI=1S/C14H20N2O3.ClH/c1-16(14(18)13-7-11(17)8-15-13)9-10-3-5-12(19-2)6-4-10;/h3-6,11,13,15,17H,7-9H2,1-2H3;1H. The molecule has 0 saturated carbocycles. The molecule has 0 aromatic heterocycles. The number of β-amino-alcohol motifs (C(OH)–C–C–N with tert-alkyl or cyclic N) is 1. The summed E-state index contributed by atoms with van der Waals surface area (Å²) in [5, 5.41) is 12.5. The second kappa shape index (κ2) is 7.47. The van der Waals surface area contributed by atoms with E-state index in [0.717, 1.165) is 11.3 Å². The van der Waals surface area contributed by atoms with Gasteiger partial charge in [0.15, 0.2) is 0 Å². The number of benzene rings is 1. The fourth-order valence-electron chi connectivity index (χ4n) is 2.25. The highest BCUT2D eigenvalue weighted by Gasteiger charge is 2.29. The summed E-state index contributed by atoms with van der Waals surface area (Å²) in [7, 11) is 3.40. The second-order valence-electron chi connectivity index (χ2n) is 4.89. The summed E-state index contributed by atoms with van der Waals surface area (Å²) in [5.41, 5.74) is 1.05. The Morgan fingerprint density at radius 1 is 1.45 bits per heavy atom. The first-order chi connectivity index (χ1) is 9.10. The lowest BCUT2D eigenvalue weighted by molar-refractivity contribution is -0.132. The summed E-state index contributed by atoms with van der Waals surface area (Å²) < 4.78 is 5.10. The van der Waals surface area contributed by atoms with E-state index in [9.17, 15) is 9.90 Å². The molecule has 1 fully saturated rings. The van der Waals surface area contributed by atoms with Crippen molar-refractivity contribution in [3.63, 3.8) is 0 Å². The summed E-state index contributed by atoms with van der Waals surface area (Å²) in [6, 6.07) is 7.38. The molecule has 2 rings (SSSR count). The molecule has 112 valence electrons. The maximum atomic E-state index is 12.1. The number of carbonyl (C=O) groups is 1. The molecule has 0 spiro atoms. The molecule has 1 aliphatic heterocycles. The molecule has 20 heavy (non-hydrogen) atoms. The van der Waals surface area contributed by atoms with Crippen molar-refractivity contribution in [2.75, 3.05) is 20.7 Å².